The van der Waals surface area contributed by atoms with Crippen LogP contribution in [0.15, 0.2) is 54.7 Å². The summed E-state index contributed by atoms with van der Waals surface area (Å²) in [5.41, 5.74) is 12.2. The van der Waals surface area contributed by atoms with Gasteiger partial charge in [0.05, 0.1) is 17.1 Å². The molecule has 184 valence electrons. The summed E-state index contributed by atoms with van der Waals surface area (Å²) in [7, 11) is 0. The molecule has 0 spiro atoms. The van der Waals surface area contributed by atoms with Crippen LogP contribution in [0.2, 0.25) is 0 Å². The molecule has 2 heterocycles. The quantitative estimate of drug-likeness (QED) is 0.214. The topological polar surface area (TPSA) is 129 Å². The minimum Gasteiger partial charge on any atom is -0.478 e. The Morgan fingerprint density at radius 2 is 1.86 bits per heavy atom. The normalized spacial score (nSPS) is 10.9. The first-order chi connectivity index (χ1) is 17.2. The van der Waals surface area contributed by atoms with Crippen molar-refractivity contribution in [2.24, 2.45) is 0 Å². The molecule has 0 aliphatic carbocycles. The zero-order chi connectivity index (χ0) is 26.6. The second kappa shape index (κ2) is 10.4. The predicted molar refractivity (Wildman–Crippen MR) is 145 cm³/mol. The molecule has 0 fully saturated rings. The molecule has 0 aliphatic rings. The van der Waals surface area contributed by atoms with Crippen molar-refractivity contribution in [2.75, 3.05) is 5.73 Å². The van der Waals surface area contributed by atoms with Gasteiger partial charge in [-0.3, -0.25) is 4.98 Å². The Morgan fingerprint density at radius 3 is 2.42 bits per heavy atom. The molecule has 0 unspecified atom stereocenters. The molecule has 4 rings (SSSR count). The summed E-state index contributed by atoms with van der Waals surface area (Å²) in [5, 5.41) is 27.7. The summed E-state index contributed by atoms with van der Waals surface area (Å²) in [4.78, 5) is 15.8. The summed E-state index contributed by atoms with van der Waals surface area (Å²) in [5.74, 6) is -0.994. The summed E-state index contributed by atoms with van der Waals surface area (Å²) in [6.45, 7) is 9.96. The van der Waals surface area contributed by atoms with Crippen LogP contribution in [0.3, 0.4) is 0 Å². The van der Waals surface area contributed by atoms with Crippen LogP contribution in [0.25, 0.3) is 27.7 Å². The average molecular weight is 482 g/mol. The standard InChI is InChI=1S/C27H25N5O2.C2H6/c1-16-12-20(8-11-31-16)32-23-13-19(15-29)22(30)14-21(23)24(25(32)27(2,3)9-10-28)17-4-6-18(7-5-17)26(33)34;1-2/h4-8,11-15,29H,9,30H2,1-3H3,(H,33,34);1-2H3. The van der Waals surface area contributed by atoms with Crippen molar-refractivity contribution >= 4 is 28.8 Å². The van der Waals surface area contributed by atoms with Crippen LogP contribution >= 0.6 is 0 Å². The molecule has 0 amide bonds. The van der Waals surface area contributed by atoms with Crippen molar-refractivity contribution in [3.63, 3.8) is 0 Å². The van der Waals surface area contributed by atoms with Crippen molar-refractivity contribution in [3.8, 4) is 22.9 Å². The Balaban J connectivity index is 0.00000176. The van der Waals surface area contributed by atoms with Gasteiger partial charge in [-0.05, 0) is 48.9 Å². The second-order valence-electron chi connectivity index (χ2n) is 8.96. The van der Waals surface area contributed by atoms with E-state index in [0.717, 1.165) is 39.1 Å². The molecule has 7 heteroatoms. The van der Waals surface area contributed by atoms with Gasteiger partial charge in [-0.25, -0.2) is 4.79 Å². The molecule has 4 aromatic rings. The number of nitrogens with two attached hydrogens (primary N) is 1. The number of anilines is 1. The third kappa shape index (κ3) is 4.71. The molecule has 2 aromatic heterocycles. The number of aromatic carboxylic acids is 1. The molecule has 36 heavy (non-hydrogen) atoms. The van der Waals surface area contributed by atoms with Crippen LogP contribution in [0.1, 0.15) is 61.4 Å². The van der Waals surface area contributed by atoms with E-state index in [-0.39, 0.29) is 12.0 Å². The number of hydrogen-bond donors (Lipinski definition) is 3. The molecule has 7 nitrogen and oxygen atoms in total. The van der Waals surface area contributed by atoms with Crippen LogP contribution in [0.4, 0.5) is 5.69 Å². The number of nitriles is 1. The SMILES string of the molecule is CC.Cc1cc(-n2c(C(C)(C)CC#N)c(-c3ccc(C(=O)O)cc3)c3cc(N)c(C=N)cc32)ccn1. The minimum absolute atomic E-state index is 0.195. The second-order valence-corrected chi connectivity index (χ2v) is 8.96. The summed E-state index contributed by atoms with van der Waals surface area (Å²) < 4.78 is 2.11. The minimum atomic E-state index is -0.994. The van der Waals surface area contributed by atoms with E-state index in [1.54, 1.807) is 30.5 Å². The number of hydrogen-bond acceptors (Lipinski definition) is 5. The van der Waals surface area contributed by atoms with E-state index in [4.69, 9.17) is 11.1 Å². The molecule has 0 saturated carbocycles. The van der Waals surface area contributed by atoms with Crippen LogP contribution in [-0.4, -0.2) is 26.8 Å². The van der Waals surface area contributed by atoms with Gasteiger partial charge in [0.1, 0.15) is 0 Å². The van der Waals surface area contributed by atoms with Gasteiger partial charge in [-0.15, -0.1) is 0 Å². The summed E-state index contributed by atoms with van der Waals surface area (Å²) >= 11 is 0. The van der Waals surface area contributed by atoms with Gasteiger partial charge in [0.2, 0.25) is 0 Å². The number of rotatable bonds is 6. The maximum Gasteiger partial charge on any atom is 0.335 e. The number of fused-ring (bicyclic) bond motifs is 1. The van der Waals surface area contributed by atoms with E-state index >= 15 is 0 Å². The fraction of sp³-hybridized carbons (Fsp3) is 0.241. The van der Waals surface area contributed by atoms with Crippen LogP contribution in [-0.2, 0) is 5.41 Å². The van der Waals surface area contributed by atoms with Crippen molar-refractivity contribution in [1.29, 1.82) is 10.7 Å². The number of carbonyl (C=O) groups is 1. The van der Waals surface area contributed by atoms with Gasteiger partial charge in [0.15, 0.2) is 0 Å². The number of carboxylic acid groups (broad SMARTS) is 1. The van der Waals surface area contributed by atoms with E-state index in [1.165, 1.54) is 6.21 Å². The number of aromatic nitrogens is 2. The zero-order valence-electron chi connectivity index (χ0n) is 21.3. The lowest BCUT2D eigenvalue weighted by Crippen LogP contribution is -2.22. The van der Waals surface area contributed by atoms with E-state index in [1.807, 2.05) is 58.9 Å². The number of pyridine rings is 1. The monoisotopic (exact) mass is 481 g/mol. The molecular formula is C29H31N5O2. The highest BCUT2D eigenvalue weighted by Crippen LogP contribution is 2.45. The highest BCUT2D eigenvalue weighted by molar-refractivity contribution is 6.05. The van der Waals surface area contributed by atoms with Gasteiger partial charge in [-0.1, -0.05) is 39.8 Å². The van der Waals surface area contributed by atoms with Crippen molar-refractivity contribution in [3.05, 3.63) is 77.2 Å². The van der Waals surface area contributed by atoms with Crippen LogP contribution < -0.4 is 5.73 Å². The first kappa shape index (κ1) is 26.2. The van der Waals surface area contributed by atoms with E-state index in [0.29, 0.717) is 11.3 Å². The highest BCUT2D eigenvalue weighted by Gasteiger charge is 2.32. The first-order valence-corrected chi connectivity index (χ1v) is 11.8. The van der Waals surface area contributed by atoms with Gasteiger partial charge in [0, 0.05) is 63.5 Å². The van der Waals surface area contributed by atoms with Crippen LogP contribution in [0, 0.1) is 23.7 Å². The Kier molecular flexibility index (Phi) is 7.59. The Labute approximate surface area is 211 Å². The third-order valence-electron chi connectivity index (χ3n) is 6.05. The fourth-order valence-corrected chi connectivity index (χ4v) is 4.42. The van der Waals surface area contributed by atoms with Crippen molar-refractivity contribution in [2.45, 2.75) is 46.5 Å². The van der Waals surface area contributed by atoms with Crippen molar-refractivity contribution < 1.29 is 9.90 Å². The Bertz CT molecular complexity index is 1470. The number of nitrogens with zero attached hydrogens (tertiary/aromatic N) is 3. The molecule has 0 aliphatic heterocycles. The summed E-state index contributed by atoms with van der Waals surface area (Å²) in [6, 6.07) is 16.7. The maximum atomic E-state index is 11.4. The number of nitrogens with one attached hydrogen (secondary N) is 1. The lowest BCUT2D eigenvalue weighted by atomic mass is 9.81. The lowest BCUT2D eigenvalue weighted by Gasteiger charge is -2.26. The number of aryl methyl sites for hydroxylation is 1. The molecule has 0 radical (unpaired) electrons. The molecule has 2 aromatic carbocycles. The van der Waals surface area contributed by atoms with Gasteiger partial charge < -0.3 is 20.8 Å². The first-order valence-electron chi connectivity index (χ1n) is 11.8. The molecule has 4 N–H and O–H groups in total. The van der Waals surface area contributed by atoms with Gasteiger partial charge >= 0.3 is 5.97 Å². The predicted octanol–water partition coefficient (Wildman–Crippen LogP) is 6.50. The Hall–Kier alpha value is -4.44. The molecule has 0 saturated heterocycles. The molecular weight excluding hydrogens is 450 g/mol. The third-order valence-corrected chi connectivity index (χ3v) is 6.05. The summed E-state index contributed by atoms with van der Waals surface area (Å²) in [6.07, 6.45) is 3.24. The molecule has 0 bridgehead atoms. The van der Waals surface area contributed by atoms with Gasteiger partial charge in [-0.2, -0.15) is 5.26 Å². The van der Waals surface area contributed by atoms with Crippen molar-refractivity contribution in [1.82, 2.24) is 9.55 Å². The highest BCUT2D eigenvalue weighted by atomic mass is 16.4. The van der Waals surface area contributed by atoms with Gasteiger partial charge in [0.25, 0.3) is 0 Å². The average Bonchev–Trinajstić information content (AvgIpc) is 3.19. The Morgan fingerprint density at radius 1 is 1.19 bits per heavy atom. The molecule has 0 atom stereocenters. The largest absolute Gasteiger partial charge is 0.478 e. The smallest absolute Gasteiger partial charge is 0.335 e. The number of carboxylic acids is 1. The van der Waals surface area contributed by atoms with Crippen LogP contribution in [0.5, 0.6) is 0 Å². The van der Waals surface area contributed by atoms with E-state index in [9.17, 15) is 15.2 Å². The van der Waals surface area contributed by atoms with E-state index < -0.39 is 11.4 Å². The number of benzene rings is 2. The fourth-order valence-electron chi connectivity index (χ4n) is 4.42. The zero-order valence-corrected chi connectivity index (χ0v) is 21.3. The van der Waals surface area contributed by atoms with E-state index in [2.05, 4.69) is 15.6 Å². The number of nitrogen functional groups attached to an aromatic ring is 1. The lowest BCUT2D eigenvalue weighted by molar-refractivity contribution is 0.0697. The maximum absolute atomic E-state index is 11.4.